The molecular formula is C36H45ClFN7O3. The molecule has 0 N–H and O–H groups in total. The molecule has 2 aromatic carbocycles. The molecule has 1 aromatic heterocycles. The molecule has 2 atom stereocenters. The second kappa shape index (κ2) is 13.9. The van der Waals surface area contributed by atoms with Crippen molar-refractivity contribution in [2.75, 3.05) is 55.7 Å². The number of anilines is 2. The van der Waals surface area contributed by atoms with E-state index in [-0.39, 0.29) is 23.7 Å². The van der Waals surface area contributed by atoms with Gasteiger partial charge in [-0.1, -0.05) is 29.8 Å². The molecule has 3 aromatic rings. The van der Waals surface area contributed by atoms with Gasteiger partial charge >= 0.3 is 12.1 Å². The summed E-state index contributed by atoms with van der Waals surface area (Å²) in [6.45, 7) is 21.8. The quantitative estimate of drug-likeness (QED) is 0.260. The summed E-state index contributed by atoms with van der Waals surface area (Å²) in [6, 6.07) is 9.71. The van der Waals surface area contributed by atoms with Crippen LogP contribution in [0, 0.1) is 12.4 Å². The number of hydrogen-bond acceptors (Lipinski definition) is 8. The number of nitrogens with zero attached hydrogens (tertiary/aromatic N) is 7. The number of hydrogen-bond donors (Lipinski definition) is 0. The molecule has 4 heterocycles. The fourth-order valence-corrected chi connectivity index (χ4v) is 7.50. The number of halogens is 2. The highest BCUT2D eigenvalue weighted by Gasteiger charge is 2.38. The number of benzene rings is 2. The zero-order valence-corrected chi connectivity index (χ0v) is 29.3. The molecule has 0 saturated carbocycles. The standard InChI is InChI=1S/C36H45ClFN7O3/c1-23(2)44-15-8-10-25(44)22-47-34-40-29-21-42(30-11-7-9-24-12-13-28(38)32(37)31(24)30)16-14-27(29)33(41-34)43-17-18-45(26(20-43)19-39-6)35(46)48-36(3,4)5/h7,9,11-13,23,25-26H,8,10,14-22H2,1-5H3/t25-,26-/m0/s1. The van der Waals surface area contributed by atoms with Crippen molar-refractivity contribution < 1.29 is 18.7 Å². The maximum absolute atomic E-state index is 14.6. The molecule has 0 bridgehead atoms. The number of carbonyl (C=O) groups is 1. The van der Waals surface area contributed by atoms with Crippen LogP contribution in [0.4, 0.5) is 20.7 Å². The zero-order chi connectivity index (χ0) is 34.2. The Morgan fingerprint density at radius 3 is 2.67 bits per heavy atom. The van der Waals surface area contributed by atoms with Gasteiger partial charge in [0.05, 0.1) is 17.3 Å². The van der Waals surface area contributed by atoms with Gasteiger partial charge in [0.25, 0.3) is 0 Å². The second-order valence-corrected chi connectivity index (χ2v) is 14.6. The molecule has 48 heavy (non-hydrogen) atoms. The van der Waals surface area contributed by atoms with Crippen LogP contribution in [0.3, 0.4) is 0 Å². The maximum Gasteiger partial charge on any atom is 0.410 e. The third-order valence-corrected chi connectivity index (χ3v) is 9.85. The van der Waals surface area contributed by atoms with E-state index in [1.807, 2.05) is 39.0 Å². The number of rotatable bonds is 7. The lowest BCUT2D eigenvalue weighted by molar-refractivity contribution is 0.0155. The predicted molar refractivity (Wildman–Crippen MR) is 186 cm³/mol. The molecular weight excluding hydrogens is 633 g/mol. The summed E-state index contributed by atoms with van der Waals surface area (Å²) in [5.74, 6) is 0.332. The summed E-state index contributed by atoms with van der Waals surface area (Å²) < 4.78 is 26.7. The Morgan fingerprint density at radius 1 is 1.10 bits per heavy atom. The molecule has 10 nitrogen and oxygen atoms in total. The molecule has 0 unspecified atom stereocenters. The van der Waals surface area contributed by atoms with Gasteiger partial charge in [-0.05, 0) is 77.9 Å². The average molecular weight is 678 g/mol. The highest BCUT2D eigenvalue weighted by atomic mass is 35.5. The van der Waals surface area contributed by atoms with Crippen molar-refractivity contribution >= 4 is 40.0 Å². The fourth-order valence-electron chi connectivity index (χ4n) is 7.23. The number of piperazine rings is 1. The Morgan fingerprint density at radius 2 is 1.92 bits per heavy atom. The molecule has 0 aliphatic carbocycles. The Hall–Kier alpha value is -3.88. The SMILES string of the molecule is [C-]#[N+]C[C@H]1CN(c2nc(OC[C@@H]3CCCN3C(C)C)nc3c2CCN(c2cccc4ccc(F)c(Cl)c24)C3)CCN1C(=O)OC(C)(C)C. The molecule has 2 saturated heterocycles. The van der Waals surface area contributed by atoms with Gasteiger partial charge in [0.1, 0.15) is 29.9 Å². The lowest BCUT2D eigenvalue weighted by Crippen LogP contribution is -2.57. The van der Waals surface area contributed by atoms with E-state index in [1.165, 1.54) is 6.07 Å². The van der Waals surface area contributed by atoms with Crippen molar-refractivity contribution in [1.29, 1.82) is 0 Å². The number of fused-ring (bicyclic) bond motifs is 2. The number of amides is 1. The van der Waals surface area contributed by atoms with Crippen LogP contribution in [0.1, 0.15) is 58.7 Å². The smallest absolute Gasteiger partial charge is 0.410 e. The van der Waals surface area contributed by atoms with E-state index < -0.39 is 17.5 Å². The minimum absolute atomic E-state index is 0.112. The lowest BCUT2D eigenvalue weighted by atomic mass is 10.0. The Bertz CT molecular complexity index is 1710. The highest BCUT2D eigenvalue weighted by Crippen LogP contribution is 2.38. The molecule has 2 fully saturated rings. The summed E-state index contributed by atoms with van der Waals surface area (Å²) >= 11 is 6.53. The molecule has 1 amide bonds. The Balaban J connectivity index is 1.33. The van der Waals surface area contributed by atoms with Gasteiger partial charge in [0.15, 0.2) is 0 Å². The van der Waals surface area contributed by atoms with Gasteiger partial charge in [-0.15, -0.1) is 0 Å². The molecule has 0 radical (unpaired) electrons. The maximum atomic E-state index is 14.6. The van der Waals surface area contributed by atoms with Crippen molar-refractivity contribution in [2.24, 2.45) is 0 Å². The largest absolute Gasteiger partial charge is 0.462 e. The van der Waals surface area contributed by atoms with Gasteiger partial charge in [-0.2, -0.15) is 9.97 Å². The summed E-state index contributed by atoms with van der Waals surface area (Å²) in [4.78, 5) is 35.3. The molecule has 0 spiro atoms. The number of aromatic nitrogens is 2. The van der Waals surface area contributed by atoms with Crippen LogP contribution in [0.15, 0.2) is 30.3 Å². The summed E-state index contributed by atoms with van der Waals surface area (Å²) in [6.07, 6.45) is 2.44. The van der Waals surface area contributed by atoms with Crippen LogP contribution in [0.25, 0.3) is 15.6 Å². The van der Waals surface area contributed by atoms with E-state index in [2.05, 4.69) is 33.4 Å². The first kappa shape index (κ1) is 34.0. The molecule has 3 aliphatic rings. The molecule has 256 valence electrons. The second-order valence-electron chi connectivity index (χ2n) is 14.2. The van der Waals surface area contributed by atoms with E-state index >= 15 is 0 Å². The minimum atomic E-state index is -0.634. The number of likely N-dealkylation sites (tertiary alicyclic amines) is 1. The van der Waals surface area contributed by atoms with Gasteiger partial charge < -0.3 is 24.1 Å². The van der Waals surface area contributed by atoms with Gasteiger partial charge in [-0.25, -0.2) is 15.8 Å². The Kier molecular flexibility index (Phi) is 9.86. The highest BCUT2D eigenvalue weighted by molar-refractivity contribution is 6.36. The molecule has 3 aliphatic heterocycles. The first-order valence-electron chi connectivity index (χ1n) is 16.9. The summed E-state index contributed by atoms with van der Waals surface area (Å²) in [5, 5.41) is 1.67. The van der Waals surface area contributed by atoms with Crippen LogP contribution >= 0.6 is 11.6 Å². The monoisotopic (exact) mass is 677 g/mol. The normalized spacial score (nSPS) is 20.3. The average Bonchev–Trinajstić information content (AvgIpc) is 3.53. The topological polar surface area (TPSA) is 78.6 Å². The first-order chi connectivity index (χ1) is 22.9. The third-order valence-electron chi connectivity index (χ3n) is 9.48. The van der Waals surface area contributed by atoms with Gasteiger partial charge in [-0.3, -0.25) is 9.80 Å². The predicted octanol–water partition coefficient (Wildman–Crippen LogP) is 6.58. The van der Waals surface area contributed by atoms with Crippen LogP contribution in [0.2, 0.25) is 5.02 Å². The minimum Gasteiger partial charge on any atom is -0.462 e. The van der Waals surface area contributed by atoms with E-state index in [0.29, 0.717) is 63.2 Å². The lowest BCUT2D eigenvalue weighted by Gasteiger charge is -2.41. The van der Waals surface area contributed by atoms with Crippen molar-refractivity contribution in [2.45, 2.75) is 84.2 Å². The summed E-state index contributed by atoms with van der Waals surface area (Å²) in [7, 11) is 0. The zero-order valence-electron chi connectivity index (χ0n) is 28.5. The van der Waals surface area contributed by atoms with E-state index in [0.717, 1.165) is 47.5 Å². The van der Waals surface area contributed by atoms with Crippen molar-refractivity contribution in [3.8, 4) is 6.01 Å². The number of carbonyl (C=O) groups excluding carboxylic acids is 1. The van der Waals surface area contributed by atoms with E-state index in [4.69, 9.17) is 37.6 Å². The van der Waals surface area contributed by atoms with E-state index in [9.17, 15) is 9.18 Å². The molecule has 6 rings (SSSR count). The van der Waals surface area contributed by atoms with Crippen molar-refractivity contribution in [1.82, 2.24) is 19.8 Å². The van der Waals surface area contributed by atoms with E-state index in [1.54, 1.807) is 11.0 Å². The van der Waals surface area contributed by atoms with Crippen LogP contribution in [-0.4, -0.2) is 95.5 Å². The fraction of sp³-hybridized carbons (Fsp3) is 0.556. The third kappa shape index (κ3) is 7.10. The molecule has 12 heteroatoms. The van der Waals surface area contributed by atoms with Crippen LogP contribution < -0.4 is 14.5 Å². The van der Waals surface area contributed by atoms with Crippen LogP contribution in [-0.2, 0) is 17.7 Å². The Labute approximate surface area is 287 Å². The van der Waals surface area contributed by atoms with Gasteiger partial charge in [0, 0.05) is 54.9 Å². The van der Waals surface area contributed by atoms with Crippen molar-refractivity contribution in [3.63, 3.8) is 0 Å². The summed E-state index contributed by atoms with van der Waals surface area (Å²) in [5.41, 5.74) is 2.08. The number of ether oxygens (including phenoxy) is 2. The first-order valence-corrected chi connectivity index (χ1v) is 17.3. The van der Waals surface area contributed by atoms with Crippen molar-refractivity contribution in [3.05, 3.63) is 63.8 Å². The van der Waals surface area contributed by atoms with Crippen LogP contribution in [0.5, 0.6) is 6.01 Å². The van der Waals surface area contributed by atoms with Gasteiger partial charge in [0.2, 0.25) is 6.54 Å².